The molecule has 6 heteroatoms. The maximum Gasteiger partial charge on any atom is 0.242 e. The first kappa shape index (κ1) is 21.3. The van der Waals surface area contributed by atoms with Crippen LogP contribution in [0.15, 0.2) is 54.6 Å². The van der Waals surface area contributed by atoms with Crippen molar-refractivity contribution >= 4 is 17.5 Å². The van der Waals surface area contributed by atoms with E-state index in [0.717, 1.165) is 11.4 Å². The zero-order valence-electron chi connectivity index (χ0n) is 17.2. The van der Waals surface area contributed by atoms with Gasteiger partial charge in [-0.2, -0.15) is 0 Å². The number of carbonyl (C=O) groups is 2. The van der Waals surface area contributed by atoms with Crippen molar-refractivity contribution in [2.75, 3.05) is 32.1 Å². The standard InChI is InChI=1S/C22H29N3O3/c1-22(2,3)23-20(26)15-25(5)21(27)16-24(4)18-13-9-10-14-19(18)28-17-11-7-6-8-12-17/h6-14H,15-16H2,1-5H3,(H,23,26). The molecule has 0 atom stereocenters. The van der Waals surface area contributed by atoms with Crippen molar-refractivity contribution in [2.45, 2.75) is 26.3 Å². The minimum Gasteiger partial charge on any atom is -0.455 e. The number of hydrogen-bond donors (Lipinski definition) is 1. The van der Waals surface area contributed by atoms with Gasteiger partial charge in [-0.3, -0.25) is 9.59 Å². The first-order valence-corrected chi connectivity index (χ1v) is 9.24. The van der Waals surface area contributed by atoms with Gasteiger partial charge in [0.15, 0.2) is 5.75 Å². The molecule has 0 saturated carbocycles. The van der Waals surface area contributed by atoms with Gasteiger partial charge in [0, 0.05) is 19.6 Å². The van der Waals surface area contributed by atoms with Crippen LogP contribution < -0.4 is 15.0 Å². The van der Waals surface area contributed by atoms with Crippen LogP contribution in [0, 0.1) is 0 Å². The van der Waals surface area contributed by atoms with Crippen LogP contribution in [0.2, 0.25) is 0 Å². The van der Waals surface area contributed by atoms with Crippen LogP contribution in [-0.2, 0) is 9.59 Å². The number of likely N-dealkylation sites (N-methyl/N-ethyl adjacent to an activating group) is 2. The van der Waals surface area contributed by atoms with Crippen LogP contribution in [0.5, 0.6) is 11.5 Å². The van der Waals surface area contributed by atoms with Crippen molar-refractivity contribution in [3.63, 3.8) is 0 Å². The highest BCUT2D eigenvalue weighted by Gasteiger charge is 2.19. The summed E-state index contributed by atoms with van der Waals surface area (Å²) in [7, 11) is 3.46. The number of amides is 2. The fraction of sp³-hybridized carbons (Fsp3) is 0.364. The molecule has 0 heterocycles. The van der Waals surface area contributed by atoms with Gasteiger partial charge < -0.3 is 19.9 Å². The summed E-state index contributed by atoms with van der Waals surface area (Å²) < 4.78 is 5.96. The lowest BCUT2D eigenvalue weighted by molar-refractivity contribution is -0.134. The molecule has 28 heavy (non-hydrogen) atoms. The maximum absolute atomic E-state index is 12.6. The van der Waals surface area contributed by atoms with Crippen LogP contribution in [0.4, 0.5) is 5.69 Å². The van der Waals surface area contributed by atoms with Gasteiger partial charge in [0.1, 0.15) is 5.75 Å². The van der Waals surface area contributed by atoms with Crippen molar-refractivity contribution in [3.8, 4) is 11.5 Å². The van der Waals surface area contributed by atoms with E-state index in [9.17, 15) is 9.59 Å². The molecule has 1 N–H and O–H groups in total. The second-order valence-electron chi connectivity index (χ2n) is 7.79. The smallest absolute Gasteiger partial charge is 0.242 e. The van der Waals surface area contributed by atoms with Crippen LogP contribution in [0.1, 0.15) is 20.8 Å². The molecule has 6 nitrogen and oxygen atoms in total. The van der Waals surface area contributed by atoms with E-state index < -0.39 is 0 Å². The SMILES string of the molecule is CN(CC(=O)NC(C)(C)C)C(=O)CN(C)c1ccccc1Oc1ccccc1. The number of anilines is 1. The molecule has 150 valence electrons. The third-order valence-electron chi connectivity index (χ3n) is 3.94. The Morgan fingerprint density at radius 2 is 1.54 bits per heavy atom. The van der Waals surface area contributed by atoms with Gasteiger partial charge in [-0.1, -0.05) is 30.3 Å². The predicted octanol–water partition coefficient (Wildman–Crippen LogP) is 3.29. The molecule has 0 aromatic heterocycles. The summed E-state index contributed by atoms with van der Waals surface area (Å²) in [5, 5.41) is 2.86. The van der Waals surface area contributed by atoms with Crippen LogP contribution >= 0.6 is 0 Å². The lowest BCUT2D eigenvalue weighted by atomic mass is 10.1. The second-order valence-corrected chi connectivity index (χ2v) is 7.79. The molecule has 0 radical (unpaired) electrons. The first-order chi connectivity index (χ1) is 13.2. The van der Waals surface area contributed by atoms with Crippen molar-refractivity contribution in [2.24, 2.45) is 0 Å². The van der Waals surface area contributed by atoms with Crippen LogP contribution in [0.3, 0.4) is 0 Å². The Kier molecular flexibility index (Phi) is 7.04. The Hall–Kier alpha value is -3.02. The lowest BCUT2D eigenvalue weighted by Gasteiger charge is -2.26. The molecule has 2 rings (SSSR count). The minimum absolute atomic E-state index is 0.0199. The Morgan fingerprint density at radius 1 is 0.929 bits per heavy atom. The Bertz CT molecular complexity index is 800. The van der Waals surface area contributed by atoms with Gasteiger partial charge in [0.25, 0.3) is 0 Å². The summed E-state index contributed by atoms with van der Waals surface area (Å²) >= 11 is 0. The van der Waals surface area contributed by atoms with Gasteiger partial charge in [0.05, 0.1) is 18.8 Å². The molecule has 2 amide bonds. The number of para-hydroxylation sites is 3. The molecule has 0 fully saturated rings. The topological polar surface area (TPSA) is 61.9 Å². The fourth-order valence-corrected chi connectivity index (χ4v) is 2.64. The van der Waals surface area contributed by atoms with E-state index in [1.807, 2.05) is 87.3 Å². The van der Waals surface area contributed by atoms with Gasteiger partial charge in [-0.25, -0.2) is 0 Å². The lowest BCUT2D eigenvalue weighted by Crippen LogP contribution is -2.47. The third-order valence-corrected chi connectivity index (χ3v) is 3.94. The number of carbonyl (C=O) groups excluding carboxylic acids is 2. The normalized spacial score (nSPS) is 10.9. The fourth-order valence-electron chi connectivity index (χ4n) is 2.64. The molecule has 2 aromatic carbocycles. The summed E-state index contributed by atoms with van der Waals surface area (Å²) in [5.74, 6) is 1.06. The molecular weight excluding hydrogens is 354 g/mol. The quantitative estimate of drug-likeness (QED) is 0.797. The van der Waals surface area contributed by atoms with Gasteiger partial charge >= 0.3 is 0 Å². The van der Waals surface area contributed by atoms with Crippen LogP contribution in [0.25, 0.3) is 0 Å². The summed E-state index contributed by atoms with van der Waals surface area (Å²) in [4.78, 5) is 27.9. The minimum atomic E-state index is -0.328. The number of benzene rings is 2. The second kappa shape index (κ2) is 9.26. The average molecular weight is 383 g/mol. The van der Waals surface area contributed by atoms with Crippen molar-refractivity contribution in [3.05, 3.63) is 54.6 Å². The molecule has 0 bridgehead atoms. The largest absolute Gasteiger partial charge is 0.455 e. The summed E-state index contributed by atoms with van der Waals surface area (Å²) in [5.41, 5.74) is 0.470. The maximum atomic E-state index is 12.6. The summed E-state index contributed by atoms with van der Waals surface area (Å²) in [6, 6.07) is 17.0. The number of nitrogens with one attached hydrogen (secondary N) is 1. The van der Waals surface area contributed by atoms with E-state index in [0.29, 0.717) is 5.75 Å². The third kappa shape index (κ3) is 6.61. The molecular formula is C22H29N3O3. The monoisotopic (exact) mass is 383 g/mol. The zero-order valence-corrected chi connectivity index (χ0v) is 17.2. The number of nitrogens with zero attached hydrogens (tertiary/aromatic N) is 2. The van der Waals surface area contributed by atoms with Crippen molar-refractivity contribution < 1.29 is 14.3 Å². The highest BCUT2D eigenvalue weighted by molar-refractivity contribution is 5.87. The Morgan fingerprint density at radius 3 is 2.18 bits per heavy atom. The number of ether oxygens (including phenoxy) is 1. The van der Waals surface area contributed by atoms with Crippen molar-refractivity contribution in [1.82, 2.24) is 10.2 Å². The summed E-state index contributed by atoms with van der Waals surface area (Å²) in [6.45, 7) is 5.87. The Labute approximate surface area is 167 Å². The van der Waals surface area contributed by atoms with Crippen molar-refractivity contribution in [1.29, 1.82) is 0 Å². The number of rotatable bonds is 7. The van der Waals surface area contributed by atoms with E-state index in [1.165, 1.54) is 4.90 Å². The highest BCUT2D eigenvalue weighted by atomic mass is 16.5. The van der Waals surface area contributed by atoms with Gasteiger partial charge in [0.2, 0.25) is 11.8 Å². The average Bonchev–Trinajstić information content (AvgIpc) is 2.61. The Balaban J connectivity index is 2.01. The molecule has 0 aliphatic rings. The molecule has 0 unspecified atom stereocenters. The molecule has 0 saturated heterocycles. The van der Waals surface area contributed by atoms with E-state index in [-0.39, 0.29) is 30.4 Å². The molecule has 0 spiro atoms. The van der Waals surface area contributed by atoms with E-state index in [4.69, 9.17) is 4.74 Å². The van der Waals surface area contributed by atoms with Gasteiger partial charge in [-0.15, -0.1) is 0 Å². The predicted molar refractivity (Wildman–Crippen MR) is 112 cm³/mol. The molecule has 2 aromatic rings. The van der Waals surface area contributed by atoms with E-state index in [2.05, 4.69) is 5.32 Å². The summed E-state index contributed by atoms with van der Waals surface area (Å²) in [6.07, 6.45) is 0. The van der Waals surface area contributed by atoms with Gasteiger partial charge in [-0.05, 0) is 45.0 Å². The molecule has 0 aliphatic heterocycles. The van der Waals surface area contributed by atoms with E-state index in [1.54, 1.807) is 7.05 Å². The van der Waals surface area contributed by atoms with Crippen LogP contribution in [-0.4, -0.2) is 49.4 Å². The van der Waals surface area contributed by atoms with E-state index >= 15 is 0 Å². The molecule has 0 aliphatic carbocycles. The first-order valence-electron chi connectivity index (χ1n) is 9.24. The number of hydrogen-bond acceptors (Lipinski definition) is 4. The highest BCUT2D eigenvalue weighted by Crippen LogP contribution is 2.31. The zero-order chi connectivity index (χ0) is 20.7.